The van der Waals surface area contributed by atoms with Crippen LogP contribution in [0.5, 0.6) is 5.75 Å². The summed E-state index contributed by atoms with van der Waals surface area (Å²) < 4.78 is 90.3. The molecule has 2 N–H and O–H groups in total. The third-order valence-electron chi connectivity index (χ3n) is 6.94. The Morgan fingerprint density at radius 1 is 1.05 bits per heavy atom. The number of pyridine rings is 1. The molecule has 10 nitrogen and oxygen atoms in total. The second kappa shape index (κ2) is 11.0. The van der Waals surface area contributed by atoms with E-state index in [4.69, 9.17) is 10.5 Å². The van der Waals surface area contributed by atoms with Crippen molar-refractivity contribution in [2.45, 2.75) is 37.0 Å². The van der Waals surface area contributed by atoms with Gasteiger partial charge in [-0.05, 0) is 31.0 Å². The maximum atomic E-state index is 15.1. The van der Waals surface area contributed by atoms with E-state index < -0.39 is 45.0 Å². The number of benzene rings is 1. The van der Waals surface area contributed by atoms with Crippen LogP contribution in [0.25, 0.3) is 5.69 Å². The quantitative estimate of drug-likeness (QED) is 0.422. The van der Waals surface area contributed by atoms with E-state index in [9.17, 15) is 26.4 Å². The van der Waals surface area contributed by atoms with E-state index in [2.05, 4.69) is 10.1 Å². The summed E-state index contributed by atoms with van der Waals surface area (Å²) in [6.45, 7) is -0.156. The second-order valence-electron chi connectivity index (χ2n) is 9.61. The second-order valence-corrected chi connectivity index (χ2v) is 11.6. The Labute approximate surface area is 227 Å². The molecule has 3 atom stereocenters. The van der Waals surface area contributed by atoms with Gasteiger partial charge in [-0.1, -0.05) is 0 Å². The lowest BCUT2D eigenvalue weighted by molar-refractivity contribution is 0.193. The first-order valence-electron chi connectivity index (χ1n) is 12.5. The van der Waals surface area contributed by atoms with Crippen molar-refractivity contribution in [1.82, 2.24) is 19.1 Å². The third-order valence-corrected chi connectivity index (χ3v) is 8.81. The van der Waals surface area contributed by atoms with Crippen molar-refractivity contribution in [2.24, 2.45) is 0 Å². The average molecular weight is 583 g/mol. The lowest BCUT2D eigenvalue weighted by Crippen LogP contribution is -2.50. The van der Waals surface area contributed by atoms with E-state index in [1.54, 1.807) is 4.90 Å². The lowest BCUT2D eigenvalue weighted by atomic mass is 10.2. The molecule has 1 saturated heterocycles. The Bertz CT molecular complexity index is 1540. The predicted molar refractivity (Wildman–Crippen MR) is 138 cm³/mol. The van der Waals surface area contributed by atoms with E-state index in [1.807, 2.05) is 0 Å². The number of alkyl halides is 2. The highest BCUT2D eigenvalue weighted by Crippen LogP contribution is 2.34. The third kappa shape index (κ3) is 5.47. The zero-order valence-electron chi connectivity index (χ0n) is 21.1. The normalized spacial score (nSPS) is 20.9. The highest BCUT2D eigenvalue weighted by Gasteiger charge is 2.37. The van der Waals surface area contributed by atoms with E-state index in [0.29, 0.717) is 12.5 Å². The van der Waals surface area contributed by atoms with Crippen molar-refractivity contribution in [3.8, 4) is 11.4 Å². The Kier molecular flexibility index (Phi) is 7.68. The SMILES string of the molecule is Nc1cnccc1C(F)S(=O)(=O)N1CCN(c2cnn(-c3cc(F)cc(F)c3)c(=O)c2OC2CCC(F)C2)CC1. The minimum Gasteiger partial charge on any atom is -0.483 e. The molecule has 15 heteroatoms. The molecule has 1 saturated carbocycles. The molecule has 1 aliphatic heterocycles. The molecule has 3 unspecified atom stereocenters. The van der Waals surface area contributed by atoms with Crippen molar-refractivity contribution < 1.29 is 30.7 Å². The zero-order chi connectivity index (χ0) is 28.6. The Morgan fingerprint density at radius 3 is 2.38 bits per heavy atom. The highest BCUT2D eigenvalue weighted by atomic mass is 32.2. The van der Waals surface area contributed by atoms with E-state index in [-0.39, 0.29) is 67.4 Å². The van der Waals surface area contributed by atoms with Crippen LogP contribution in [0.2, 0.25) is 0 Å². The fraction of sp³-hybridized carbons (Fsp3) is 0.400. The summed E-state index contributed by atoms with van der Waals surface area (Å²) in [5.41, 5.74) is 2.22. The number of nitrogen functional groups attached to an aromatic ring is 1. The zero-order valence-corrected chi connectivity index (χ0v) is 21.9. The molecule has 0 bridgehead atoms. The average Bonchev–Trinajstić information content (AvgIpc) is 3.33. The molecular weight excluding hydrogens is 556 g/mol. The minimum absolute atomic E-state index is 0.0459. The summed E-state index contributed by atoms with van der Waals surface area (Å²) >= 11 is 0. The van der Waals surface area contributed by atoms with Gasteiger partial charge in [0, 0.05) is 50.4 Å². The van der Waals surface area contributed by atoms with Crippen LogP contribution < -0.4 is 20.9 Å². The molecule has 40 heavy (non-hydrogen) atoms. The van der Waals surface area contributed by atoms with Gasteiger partial charge in [-0.25, -0.2) is 26.0 Å². The minimum atomic E-state index is -4.43. The number of hydrogen-bond donors (Lipinski definition) is 1. The van der Waals surface area contributed by atoms with Crippen LogP contribution in [-0.2, 0) is 10.0 Å². The molecule has 1 aromatic carbocycles. The maximum absolute atomic E-state index is 15.1. The predicted octanol–water partition coefficient (Wildman–Crippen LogP) is 2.88. The molecule has 2 fully saturated rings. The van der Waals surface area contributed by atoms with Crippen LogP contribution >= 0.6 is 0 Å². The van der Waals surface area contributed by atoms with Gasteiger partial charge in [-0.15, -0.1) is 0 Å². The summed E-state index contributed by atoms with van der Waals surface area (Å²) in [7, 11) is -4.43. The summed E-state index contributed by atoms with van der Waals surface area (Å²) in [6.07, 6.45) is 2.67. The van der Waals surface area contributed by atoms with Crippen LogP contribution in [0.1, 0.15) is 30.3 Å². The van der Waals surface area contributed by atoms with E-state index in [1.165, 1.54) is 24.7 Å². The highest BCUT2D eigenvalue weighted by molar-refractivity contribution is 7.89. The molecule has 2 aliphatic rings. The molecule has 1 aliphatic carbocycles. The number of sulfonamides is 1. The summed E-state index contributed by atoms with van der Waals surface area (Å²) in [6, 6.07) is 3.72. The van der Waals surface area contributed by atoms with Gasteiger partial charge in [0.2, 0.25) is 11.3 Å². The largest absolute Gasteiger partial charge is 0.483 e. The van der Waals surface area contributed by atoms with Crippen LogP contribution in [-0.4, -0.2) is 65.9 Å². The Hall–Kier alpha value is -3.72. The first-order valence-corrected chi connectivity index (χ1v) is 14.0. The number of anilines is 2. The molecule has 0 spiro atoms. The van der Waals surface area contributed by atoms with Gasteiger partial charge in [0.1, 0.15) is 29.6 Å². The molecule has 0 amide bonds. The Morgan fingerprint density at radius 2 is 1.75 bits per heavy atom. The van der Waals surface area contributed by atoms with Crippen molar-refractivity contribution >= 4 is 21.4 Å². The number of hydrogen-bond acceptors (Lipinski definition) is 8. The van der Waals surface area contributed by atoms with Crippen LogP contribution in [0.15, 0.2) is 47.7 Å². The number of rotatable bonds is 7. The standard InChI is InChI=1S/C25H26F4N6O4S/c26-15-1-2-19(12-15)39-23-22(14-32-35(25(23)36)18-10-16(27)9-17(28)11-18)33-5-7-34(8-6-33)40(37,38)24(29)20-3-4-31-13-21(20)30/h3-4,9-11,13-15,19,24H,1-2,5-8,12,30H2. The fourth-order valence-corrected chi connectivity index (χ4v) is 6.34. The molecule has 5 rings (SSSR count). The van der Waals surface area contributed by atoms with Gasteiger partial charge in [0.15, 0.2) is 0 Å². The molecular formula is C25H26F4N6O4S. The van der Waals surface area contributed by atoms with Crippen molar-refractivity contribution in [3.63, 3.8) is 0 Å². The lowest BCUT2D eigenvalue weighted by Gasteiger charge is -2.36. The molecule has 3 heterocycles. The summed E-state index contributed by atoms with van der Waals surface area (Å²) in [5.74, 6) is -2.03. The summed E-state index contributed by atoms with van der Waals surface area (Å²) in [4.78, 5) is 18.9. The monoisotopic (exact) mass is 582 g/mol. The van der Waals surface area contributed by atoms with E-state index in [0.717, 1.165) is 21.1 Å². The topological polar surface area (TPSA) is 124 Å². The maximum Gasteiger partial charge on any atom is 0.316 e. The number of ether oxygens (including phenoxy) is 1. The number of aromatic nitrogens is 3. The molecule has 214 valence electrons. The molecule has 3 aromatic rings. The first-order chi connectivity index (χ1) is 19.0. The van der Waals surface area contributed by atoms with Gasteiger partial charge in [0.25, 0.3) is 10.0 Å². The smallest absolute Gasteiger partial charge is 0.316 e. The van der Waals surface area contributed by atoms with Crippen molar-refractivity contribution in [1.29, 1.82) is 0 Å². The number of halogens is 4. The van der Waals surface area contributed by atoms with Gasteiger partial charge >= 0.3 is 5.56 Å². The van der Waals surface area contributed by atoms with Crippen LogP contribution in [0, 0.1) is 11.6 Å². The number of nitrogens with two attached hydrogens (primary N) is 1. The van der Waals surface area contributed by atoms with Crippen molar-refractivity contribution in [3.05, 3.63) is 70.4 Å². The first kappa shape index (κ1) is 27.8. The van der Waals surface area contributed by atoms with Gasteiger partial charge in [-0.2, -0.15) is 14.1 Å². The number of piperazine rings is 1. The molecule has 0 radical (unpaired) electrons. The molecule has 2 aromatic heterocycles. The Balaban J connectivity index is 1.42. The van der Waals surface area contributed by atoms with Gasteiger partial charge < -0.3 is 15.4 Å². The summed E-state index contributed by atoms with van der Waals surface area (Å²) in [5, 5.41) is 4.06. The fourth-order valence-electron chi connectivity index (χ4n) is 4.87. The van der Waals surface area contributed by atoms with E-state index >= 15 is 4.39 Å². The van der Waals surface area contributed by atoms with Crippen LogP contribution in [0.4, 0.5) is 28.9 Å². The van der Waals surface area contributed by atoms with Gasteiger partial charge in [-0.3, -0.25) is 9.78 Å². The number of nitrogens with zero attached hydrogens (tertiary/aromatic N) is 5. The van der Waals surface area contributed by atoms with Crippen molar-refractivity contribution in [2.75, 3.05) is 36.8 Å². The van der Waals surface area contributed by atoms with Crippen LogP contribution in [0.3, 0.4) is 0 Å². The van der Waals surface area contributed by atoms with Gasteiger partial charge in [0.05, 0.1) is 23.8 Å².